The summed E-state index contributed by atoms with van der Waals surface area (Å²) in [6.45, 7) is 0.165. The number of nitrogens with one attached hydrogen (secondary N) is 1. The zero-order chi connectivity index (χ0) is 8.10. The highest BCUT2D eigenvalue weighted by atomic mass is 16.1. The van der Waals surface area contributed by atoms with Crippen molar-refractivity contribution in [2.45, 2.75) is 0 Å². The van der Waals surface area contributed by atoms with Crippen LogP contribution in [0.1, 0.15) is 0 Å². The average Bonchev–Trinajstić information content (AvgIpc) is 2.03. The van der Waals surface area contributed by atoms with Gasteiger partial charge < -0.3 is 11.1 Å². The molecule has 57 valence electrons. The summed E-state index contributed by atoms with van der Waals surface area (Å²) in [5.74, 6) is -0.367. The van der Waals surface area contributed by atoms with Crippen LogP contribution in [0.25, 0.3) is 0 Å². The molecule has 0 saturated heterocycles. The molecule has 3 nitrogen and oxygen atoms in total. The van der Waals surface area contributed by atoms with E-state index in [0.717, 1.165) is 5.69 Å². The lowest BCUT2D eigenvalue weighted by Gasteiger charge is -2.00. The standard InChI is InChI=1S/C8H9N2O/c9-8(11)6-10-7-4-2-1-3-5-7/h1-2,4-5,10H,6H2,(H2,9,11). The van der Waals surface area contributed by atoms with Crippen molar-refractivity contribution in [2.75, 3.05) is 11.9 Å². The minimum atomic E-state index is -0.367. The molecule has 1 aromatic rings. The van der Waals surface area contributed by atoms with Crippen LogP contribution in [0.2, 0.25) is 0 Å². The average molecular weight is 149 g/mol. The number of nitrogens with two attached hydrogens (primary N) is 1. The van der Waals surface area contributed by atoms with Gasteiger partial charge in [-0.1, -0.05) is 12.1 Å². The van der Waals surface area contributed by atoms with Crippen molar-refractivity contribution in [3.63, 3.8) is 0 Å². The highest BCUT2D eigenvalue weighted by Crippen LogP contribution is 2.02. The van der Waals surface area contributed by atoms with Gasteiger partial charge >= 0.3 is 0 Å². The van der Waals surface area contributed by atoms with Crippen LogP contribution < -0.4 is 11.1 Å². The van der Waals surface area contributed by atoms with E-state index >= 15 is 0 Å². The Labute approximate surface area is 65.2 Å². The Morgan fingerprint density at radius 2 is 2.55 bits per heavy atom. The Morgan fingerprint density at radius 3 is 3.09 bits per heavy atom. The van der Waals surface area contributed by atoms with Crippen molar-refractivity contribution in [3.8, 4) is 0 Å². The van der Waals surface area contributed by atoms with E-state index in [1.807, 2.05) is 12.1 Å². The van der Waals surface area contributed by atoms with Gasteiger partial charge in [-0.2, -0.15) is 0 Å². The highest BCUT2D eigenvalue weighted by molar-refractivity contribution is 5.78. The maximum Gasteiger partial charge on any atom is 0.236 e. The van der Waals surface area contributed by atoms with E-state index < -0.39 is 0 Å². The molecule has 1 aromatic carbocycles. The third-order valence-electron chi connectivity index (χ3n) is 1.17. The molecular formula is C8H9N2O. The maximum atomic E-state index is 10.3. The van der Waals surface area contributed by atoms with Crippen molar-refractivity contribution in [2.24, 2.45) is 5.73 Å². The fourth-order valence-electron chi connectivity index (χ4n) is 0.692. The number of primary amides is 1. The predicted molar refractivity (Wildman–Crippen MR) is 43.0 cm³/mol. The number of carbonyl (C=O) groups is 1. The Bertz CT molecular complexity index is 233. The van der Waals surface area contributed by atoms with Crippen LogP contribution in [0.4, 0.5) is 5.69 Å². The summed E-state index contributed by atoms with van der Waals surface area (Å²) in [7, 11) is 0. The maximum absolute atomic E-state index is 10.3. The molecule has 3 N–H and O–H groups in total. The van der Waals surface area contributed by atoms with Gasteiger partial charge in [0.2, 0.25) is 5.91 Å². The third-order valence-corrected chi connectivity index (χ3v) is 1.17. The second-order valence-corrected chi connectivity index (χ2v) is 2.11. The molecule has 0 saturated carbocycles. The number of amides is 1. The van der Waals surface area contributed by atoms with E-state index in [0.29, 0.717) is 0 Å². The fourth-order valence-corrected chi connectivity index (χ4v) is 0.692. The monoisotopic (exact) mass is 149 g/mol. The van der Waals surface area contributed by atoms with Crippen LogP contribution in [0.5, 0.6) is 0 Å². The molecule has 0 atom stereocenters. The third kappa shape index (κ3) is 2.71. The zero-order valence-corrected chi connectivity index (χ0v) is 6.00. The van der Waals surface area contributed by atoms with Crippen LogP contribution in [0.15, 0.2) is 24.3 Å². The second-order valence-electron chi connectivity index (χ2n) is 2.11. The van der Waals surface area contributed by atoms with Crippen LogP contribution in [-0.4, -0.2) is 12.5 Å². The first-order chi connectivity index (χ1) is 5.29. The lowest BCUT2D eigenvalue weighted by molar-refractivity contribution is -0.116. The van der Waals surface area contributed by atoms with E-state index in [-0.39, 0.29) is 12.5 Å². The van der Waals surface area contributed by atoms with E-state index in [1.54, 1.807) is 12.1 Å². The molecule has 0 aliphatic heterocycles. The number of hydrogen-bond acceptors (Lipinski definition) is 2. The van der Waals surface area contributed by atoms with Gasteiger partial charge in [-0.25, -0.2) is 0 Å². The molecule has 0 aliphatic rings. The van der Waals surface area contributed by atoms with Gasteiger partial charge in [-0.15, -0.1) is 0 Å². The first-order valence-electron chi connectivity index (χ1n) is 3.27. The van der Waals surface area contributed by atoms with Crippen LogP contribution in [0, 0.1) is 6.07 Å². The van der Waals surface area contributed by atoms with Crippen molar-refractivity contribution in [3.05, 3.63) is 30.3 Å². The Hall–Kier alpha value is -1.51. The van der Waals surface area contributed by atoms with Crippen molar-refractivity contribution < 1.29 is 4.79 Å². The molecule has 11 heavy (non-hydrogen) atoms. The molecule has 0 bridgehead atoms. The fraction of sp³-hybridized carbons (Fsp3) is 0.125. The summed E-state index contributed by atoms with van der Waals surface area (Å²) in [5, 5.41) is 2.84. The SMILES string of the molecule is NC(=O)CNc1c[c]ccc1. The van der Waals surface area contributed by atoms with Crippen molar-refractivity contribution in [1.29, 1.82) is 0 Å². The van der Waals surface area contributed by atoms with Crippen LogP contribution in [0.3, 0.4) is 0 Å². The largest absolute Gasteiger partial charge is 0.376 e. The van der Waals surface area contributed by atoms with Gasteiger partial charge in [0.15, 0.2) is 0 Å². The first-order valence-corrected chi connectivity index (χ1v) is 3.27. The number of carbonyl (C=O) groups excluding carboxylic acids is 1. The number of hydrogen-bond donors (Lipinski definition) is 2. The molecular weight excluding hydrogens is 140 g/mol. The summed E-state index contributed by atoms with van der Waals surface area (Å²) < 4.78 is 0. The lowest BCUT2D eigenvalue weighted by atomic mass is 10.3. The molecule has 0 spiro atoms. The number of anilines is 1. The molecule has 1 radical (unpaired) electrons. The van der Waals surface area contributed by atoms with Gasteiger partial charge in [-0.05, 0) is 18.2 Å². The minimum Gasteiger partial charge on any atom is -0.376 e. The van der Waals surface area contributed by atoms with E-state index in [2.05, 4.69) is 11.4 Å². The van der Waals surface area contributed by atoms with Gasteiger partial charge in [0.25, 0.3) is 0 Å². The molecule has 1 amide bonds. The molecule has 0 aliphatic carbocycles. The summed E-state index contributed by atoms with van der Waals surface area (Å²) in [6, 6.07) is 10.1. The second kappa shape index (κ2) is 3.61. The molecule has 0 fully saturated rings. The molecule has 0 unspecified atom stereocenters. The topological polar surface area (TPSA) is 55.1 Å². The van der Waals surface area contributed by atoms with Gasteiger partial charge in [0.05, 0.1) is 6.54 Å². The normalized spacial score (nSPS) is 9.09. The van der Waals surface area contributed by atoms with Gasteiger partial charge in [0.1, 0.15) is 0 Å². The summed E-state index contributed by atoms with van der Waals surface area (Å²) in [4.78, 5) is 10.3. The lowest BCUT2D eigenvalue weighted by Crippen LogP contribution is -2.21. The first kappa shape index (κ1) is 7.60. The molecule has 1 rings (SSSR count). The number of rotatable bonds is 3. The van der Waals surface area contributed by atoms with Gasteiger partial charge in [-0.3, -0.25) is 4.79 Å². The van der Waals surface area contributed by atoms with E-state index in [1.165, 1.54) is 0 Å². The van der Waals surface area contributed by atoms with Crippen molar-refractivity contribution >= 4 is 11.6 Å². The minimum absolute atomic E-state index is 0.165. The Kier molecular flexibility index (Phi) is 2.49. The summed E-state index contributed by atoms with van der Waals surface area (Å²) >= 11 is 0. The molecule has 3 heteroatoms. The van der Waals surface area contributed by atoms with Crippen LogP contribution in [-0.2, 0) is 4.79 Å². The van der Waals surface area contributed by atoms with Crippen molar-refractivity contribution in [1.82, 2.24) is 0 Å². The Morgan fingerprint density at radius 1 is 1.73 bits per heavy atom. The Balaban J connectivity index is 2.45. The smallest absolute Gasteiger partial charge is 0.236 e. The van der Waals surface area contributed by atoms with Crippen LogP contribution >= 0.6 is 0 Å². The zero-order valence-electron chi connectivity index (χ0n) is 6.00. The molecule has 0 aromatic heterocycles. The summed E-state index contributed by atoms with van der Waals surface area (Å²) in [5.41, 5.74) is 5.78. The van der Waals surface area contributed by atoms with E-state index in [9.17, 15) is 4.79 Å². The predicted octanol–water partition coefficient (Wildman–Crippen LogP) is 0.384. The highest BCUT2D eigenvalue weighted by Gasteiger charge is 1.92. The van der Waals surface area contributed by atoms with E-state index in [4.69, 9.17) is 5.73 Å². The quantitative estimate of drug-likeness (QED) is 0.653. The summed E-state index contributed by atoms with van der Waals surface area (Å²) in [6.07, 6.45) is 0. The number of benzene rings is 1. The molecule has 0 heterocycles. The van der Waals surface area contributed by atoms with Gasteiger partial charge in [0, 0.05) is 5.69 Å².